The maximum Gasteiger partial charge on any atom is 0.335 e. The summed E-state index contributed by atoms with van der Waals surface area (Å²) in [6, 6.07) is 11.2. The number of benzene rings is 2. The molecule has 0 heterocycles. The number of carbonyl (C=O) groups excluding carboxylic acids is 1. The van der Waals surface area contributed by atoms with E-state index in [0.29, 0.717) is 17.0 Å². The summed E-state index contributed by atoms with van der Waals surface area (Å²) >= 11 is 5.69. The number of aromatic carboxylic acids is 2. The van der Waals surface area contributed by atoms with E-state index in [-0.39, 0.29) is 22.5 Å². The van der Waals surface area contributed by atoms with Gasteiger partial charge >= 0.3 is 11.9 Å². The molecule has 0 spiro atoms. The molecule has 0 bridgehead atoms. The van der Waals surface area contributed by atoms with E-state index in [1.165, 1.54) is 25.1 Å². The van der Waals surface area contributed by atoms with Crippen LogP contribution in [-0.4, -0.2) is 27.9 Å². The molecule has 0 aliphatic heterocycles. The predicted octanol–water partition coefficient (Wildman–Crippen LogP) is 4.32. The van der Waals surface area contributed by atoms with Crippen LogP contribution in [0.5, 0.6) is 0 Å². The Labute approximate surface area is 144 Å². The van der Waals surface area contributed by atoms with Crippen LogP contribution in [0.2, 0.25) is 5.02 Å². The van der Waals surface area contributed by atoms with E-state index in [1.54, 1.807) is 24.3 Å². The van der Waals surface area contributed by atoms with Crippen molar-refractivity contribution in [1.82, 2.24) is 0 Å². The number of carboxylic acids is 2. The third-order valence-corrected chi connectivity index (χ3v) is 3.50. The molecule has 126 valence electrons. The van der Waals surface area contributed by atoms with Crippen LogP contribution in [-0.2, 0) is 0 Å². The molecule has 0 unspecified atom stereocenters. The summed E-state index contributed by atoms with van der Waals surface area (Å²) in [6.07, 6.45) is 0.528. The van der Waals surface area contributed by atoms with Crippen LogP contribution in [0.25, 0.3) is 0 Å². The summed E-state index contributed by atoms with van der Waals surface area (Å²) in [5.74, 6) is -2.09. The fourth-order valence-corrected chi connectivity index (χ4v) is 2.16. The van der Waals surface area contributed by atoms with Gasteiger partial charge in [-0.3, -0.25) is 4.79 Å². The van der Waals surface area contributed by atoms with Gasteiger partial charge in [0.15, 0.2) is 5.78 Å². The van der Waals surface area contributed by atoms with Gasteiger partial charge in [-0.1, -0.05) is 36.7 Å². The smallest absolute Gasteiger partial charge is 0.335 e. The highest BCUT2D eigenvalue weighted by Gasteiger charge is 2.13. The van der Waals surface area contributed by atoms with Gasteiger partial charge in [0.2, 0.25) is 0 Å². The van der Waals surface area contributed by atoms with Crippen LogP contribution in [0.1, 0.15) is 50.0 Å². The molecule has 2 aromatic rings. The number of rotatable bonds is 4. The zero-order valence-electron chi connectivity index (χ0n) is 13.2. The van der Waals surface area contributed by atoms with E-state index in [9.17, 15) is 14.4 Å². The van der Waals surface area contributed by atoms with Crippen molar-refractivity contribution in [2.75, 3.05) is 0 Å². The van der Waals surface area contributed by atoms with E-state index in [4.69, 9.17) is 21.8 Å². The standard InChI is InChI=1S/C9H9ClO.C9H8O4/c1-2-9(11)7-4-3-5-8(10)6-7;1-5-6(8(10)11)3-2-4-7(5)9(12)13/h3-6H,2H2,1H3;2-4H,1H3,(H,10,11)(H,12,13). The van der Waals surface area contributed by atoms with Gasteiger partial charge in [0, 0.05) is 17.0 Å². The van der Waals surface area contributed by atoms with Crippen molar-refractivity contribution < 1.29 is 24.6 Å². The average Bonchev–Trinajstić information content (AvgIpc) is 2.54. The summed E-state index contributed by atoms with van der Waals surface area (Å²) in [6.45, 7) is 3.32. The fraction of sp³-hybridized carbons (Fsp3) is 0.167. The van der Waals surface area contributed by atoms with Gasteiger partial charge in [-0.15, -0.1) is 0 Å². The molecule has 0 aliphatic carbocycles. The molecule has 0 atom stereocenters. The maximum absolute atomic E-state index is 11.1. The van der Waals surface area contributed by atoms with Gasteiger partial charge in [-0.05, 0) is 36.8 Å². The normalized spacial score (nSPS) is 9.62. The molecular formula is C18H17ClO5. The number of carboxylic acid groups (broad SMARTS) is 2. The number of carbonyl (C=O) groups is 3. The Kier molecular flexibility index (Phi) is 7.14. The Morgan fingerprint density at radius 1 is 0.958 bits per heavy atom. The predicted molar refractivity (Wildman–Crippen MR) is 91.2 cm³/mol. The van der Waals surface area contributed by atoms with Crippen LogP contribution in [0.15, 0.2) is 42.5 Å². The molecule has 2 aromatic carbocycles. The van der Waals surface area contributed by atoms with Gasteiger partial charge < -0.3 is 10.2 Å². The molecule has 0 radical (unpaired) electrons. The van der Waals surface area contributed by atoms with Crippen molar-refractivity contribution in [2.24, 2.45) is 0 Å². The first-order valence-electron chi connectivity index (χ1n) is 7.12. The maximum atomic E-state index is 11.1. The van der Waals surface area contributed by atoms with Gasteiger partial charge in [0.05, 0.1) is 11.1 Å². The highest BCUT2D eigenvalue weighted by molar-refractivity contribution is 6.31. The molecule has 2 rings (SSSR count). The highest BCUT2D eigenvalue weighted by Crippen LogP contribution is 2.13. The highest BCUT2D eigenvalue weighted by atomic mass is 35.5. The average molecular weight is 349 g/mol. The monoisotopic (exact) mass is 348 g/mol. The van der Waals surface area contributed by atoms with Crippen LogP contribution >= 0.6 is 11.6 Å². The molecule has 0 saturated heterocycles. The Bertz CT molecular complexity index is 736. The summed E-state index contributed by atoms with van der Waals surface area (Å²) in [5.41, 5.74) is 1.03. The Morgan fingerprint density at radius 3 is 1.88 bits per heavy atom. The molecular weight excluding hydrogens is 332 g/mol. The lowest BCUT2D eigenvalue weighted by molar-refractivity contribution is 0.0696. The third-order valence-electron chi connectivity index (χ3n) is 3.26. The number of ketones is 1. The van der Waals surface area contributed by atoms with Crippen molar-refractivity contribution in [3.63, 3.8) is 0 Å². The largest absolute Gasteiger partial charge is 0.478 e. The second kappa shape index (κ2) is 8.84. The number of Topliss-reactive ketones (excluding diaryl/α,β-unsaturated/α-hetero) is 1. The minimum Gasteiger partial charge on any atom is -0.478 e. The molecule has 5 nitrogen and oxygen atoms in total. The van der Waals surface area contributed by atoms with E-state index >= 15 is 0 Å². The second-order valence-electron chi connectivity index (χ2n) is 4.88. The first-order valence-corrected chi connectivity index (χ1v) is 7.50. The number of hydrogen-bond acceptors (Lipinski definition) is 3. The van der Waals surface area contributed by atoms with Crippen molar-refractivity contribution in [1.29, 1.82) is 0 Å². The lowest BCUT2D eigenvalue weighted by Gasteiger charge is -2.03. The van der Waals surface area contributed by atoms with Crippen molar-refractivity contribution >= 4 is 29.3 Å². The Balaban J connectivity index is 0.000000243. The molecule has 6 heteroatoms. The minimum atomic E-state index is -1.11. The fourth-order valence-electron chi connectivity index (χ4n) is 1.97. The summed E-state index contributed by atoms with van der Waals surface area (Å²) in [4.78, 5) is 32.3. The van der Waals surface area contributed by atoms with Crippen LogP contribution in [0.4, 0.5) is 0 Å². The van der Waals surface area contributed by atoms with Gasteiger partial charge in [-0.2, -0.15) is 0 Å². The van der Waals surface area contributed by atoms with E-state index < -0.39 is 11.9 Å². The molecule has 0 aliphatic rings. The van der Waals surface area contributed by atoms with Crippen LogP contribution < -0.4 is 0 Å². The summed E-state index contributed by atoms with van der Waals surface area (Å²) in [7, 11) is 0. The first kappa shape index (κ1) is 19.4. The van der Waals surface area contributed by atoms with Gasteiger partial charge in [0.25, 0.3) is 0 Å². The molecule has 0 saturated carbocycles. The summed E-state index contributed by atoms with van der Waals surface area (Å²) < 4.78 is 0. The molecule has 0 fully saturated rings. The van der Waals surface area contributed by atoms with E-state index in [2.05, 4.69) is 0 Å². The zero-order valence-corrected chi connectivity index (χ0v) is 14.0. The lowest BCUT2D eigenvalue weighted by atomic mass is 10.0. The number of halogens is 1. The number of hydrogen-bond donors (Lipinski definition) is 2. The second-order valence-corrected chi connectivity index (χ2v) is 5.31. The van der Waals surface area contributed by atoms with Crippen LogP contribution in [0, 0.1) is 6.92 Å². The zero-order chi connectivity index (χ0) is 18.3. The van der Waals surface area contributed by atoms with E-state index in [1.807, 2.05) is 6.92 Å². The van der Waals surface area contributed by atoms with Crippen molar-refractivity contribution in [3.05, 3.63) is 69.7 Å². The van der Waals surface area contributed by atoms with Gasteiger partial charge in [-0.25, -0.2) is 9.59 Å². The van der Waals surface area contributed by atoms with Crippen molar-refractivity contribution in [2.45, 2.75) is 20.3 Å². The van der Waals surface area contributed by atoms with Crippen LogP contribution in [0.3, 0.4) is 0 Å². The Morgan fingerprint density at radius 2 is 1.46 bits per heavy atom. The Hall–Kier alpha value is -2.66. The summed E-state index contributed by atoms with van der Waals surface area (Å²) in [5, 5.41) is 18.0. The third kappa shape index (κ3) is 5.21. The topological polar surface area (TPSA) is 91.7 Å². The molecule has 24 heavy (non-hydrogen) atoms. The van der Waals surface area contributed by atoms with E-state index in [0.717, 1.165) is 0 Å². The molecule has 0 amide bonds. The SMILES string of the molecule is CCC(=O)c1cccc(Cl)c1.Cc1c(C(=O)O)cccc1C(=O)O. The first-order chi connectivity index (χ1) is 11.3. The quantitative estimate of drug-likeness (QED) is 0.802. The molecule has 0 aromatic heterocycles. The van der Waals surface area contributed by atoms with Gasteiger partial charge in [0.1, 0.15) is 0 Å². The molecule has 2 N–H and O–H groups in total. The van der Waals surface area contributed by atoms with Crippen molar-refractivity contribution in [3.8, 4) is 0 Å². The lowest BCUT2D eigenvalue weighted by Crippen LogP contribution is -2.06. The minimum absolute atomic E-state index is 0.0277.